The predicted molar refractivity (Wildman–Crippen MR) is 74.7 cm³/mol. The summed E-state index contributed by atoms with van der Waals surface area (Å²) in [4.78, 5) is 10.0. The maximum Gasteiger partial charge on any atom is 0.308 e. The molecule has 0 atom stereocenters. The first-order valence-electron chi connectivity index (χ1n) is 5.76. The third-order valence-corrected chi connectivity index (χ3v) is 3.09. The minimum Gasteiger partial charge on any atom is -0.481 e. The molecule has 3 N–H and O–H groups in total. The summed E-state index contributed by atoms with van der Waals surface area (Å²) < 4.78 is 26.8. The number of carboxylic acid groups (broad SMARTS) is 1. The highest BCUT2D eigenvalue weighted by Crippen LogP contribution is 2.20. The number of primary sulfonamides is 1. The number of hydrogen-bond acceptors (Lipinski definition) is 4. The van der Waals surface area contributed by atoms with E-state index in [0.717, 1.165) is 5.39 Å². The molecule has 1 aromatic carbocycles. The maximum absolute atomic E-state index is 10.9. The Balaban J connectivity index is 0.000000246. The van der Waals surface area contributed by atoms with Crippen LogP contribution in [0, 0.1) is 5.41 Å². The highest BCUT2D eigenvalue weighted by atomic mass is 32.2. The number of carbonyl (C=O) groups is 1. The Labute approximate surface area is 117 Å². The molecule has 0 aliphatic rings. The van der Waals surface area contributed by atoms with E-state index >= 15 is 0 Å². The molecule has 0 aliphatic heterocycles. The van der Waals surface area contributed by atoms with Crippen molar-refractivity contribution in [3.63, 3.8) is 0 Å². The first-order chi connectivity index (χ1) is 9.01. The molecule has 0 spiro atoms. The number of para-hydroxylation sites is 1. The molecule has 1 aromatic heterocycles. The fourth-order valence-corrected chi connectivity index (χ4v) is 1.59. The van der Waals surface area contributed by atoms with Crippen molar-refractivity contribution in [3.05, 3.63) is 30.3 Å². The fraction of sp³-hybridized carbons (Fsp3) is 0.308. The summed E-state index contributed by atoms with van der Waals surface area (Å²) in [5.41, 5.74) is -0.0634. The minimum atomic E-state index is -3.73. The molecule has 1 heterocycles. The summed E-state index contributed by atoms with van der Waals surface area (Å²) in [6, 6.07) is 8.41. The van der Waals surface area contributed by atoms with Crippen LogP contribution in [0.15, 0.2) is 39.8 Å². The molecule has 0 aliphatic carbocycles. The van der Waals surface area contributed by atoms with Crippen LogP contribution >= 0.6 is 0 Å². The Bertz CT molecular complexity index is 677. The van der Waals surface area contributed by atoms with Gasteiger partial charge in [0.1, 0.15) is 5.58 Å². The number of sulfonamides is 1. The van der Waals surface area contributed by atoms with Crippen LogP contribution in [-0.2, 0) is 14.8 Å². The van der Waals surface area contributed by atoms with Crippen LogP contribution in [0.5, 0.6) is 0 Å². The molecule has 0 saturated heterocycles. The lowest BCUT2D eigenvalue weighted by atomic mass is 9.98. The number of fused-ring (bicyclic) bond motifs is 1. The van der Waals surface area contributed by atoms with Crippen molar-refractivity contribution in [2.24, 2.45) is 10.6 Å². The van der Waals surface area contributed by atoms with Crippen LogP contribution in [0.25, 0.3) is 11.0 Å². The standard InChI is InChI=1S/C8H7NO3S.C5H10O2/c9-13(10,11)8-5-6-3-1-2-4-7(6)12-8;1-5(2,3)4(6)7/h1-5H,(H2,9,10,11);1-3H3,(H,6,7). The van der Waals surface area contributed by atoms with Gasteiger partial charge in [-0.05, 0) is 26.8 Å². The van der Waals surface area contributed by atoms with Gasteiger partial charge in [0.05, 0.1) is 5.41 Å². The van der Waals surface area contributed by atoms with Gasteiger partial charge in [-0.2, -0.15) is 0 Å². The summed E-state index contributed by atoms with van der Waals surface area (Å²) in [7, 11) is -3.73. The predicted octanol–water partition coefficient (Wildman–Crippen LogP) is 2.20. The average Bonchev–Trinajstić information content (AvgIpc) is 2.71. The molecule has 2 aromatic rings. The smallest absolute Gasteiger partial charge is 0.308 e. The number of hydrogen-bond donors (Lipinski definition) is 2. The minimum absolute atomic E-state index is 0.200. The summed E-state index contributed by atoms with van der Waals surface area (Å²) >= 11 is 0. The fourth-order valence-electron chi connectivity index (χ4n) is 1.10. The molecule has 0 radical (unpaired) electrons. The van der Waals surface area contributed by atoms with E-state index in [9.17, 15) is 13.2 Å². The zero-order valence-electron chi connectivity index (χ0n) is 11.5. The zero-order chi connectivity index (χ0) is 15.6. The van der Waals surface area contributed by atoms with Crippen molar-refractivity contribution in [3.8, 4) is 0 Å². The molecule has 2 rings (SSSR count). The maximum atomic E-state index is 10.9. The first kappa shape index (κ1) is 16.2. The van der Waals surface area contributed by atoms with Gasteiger partial charge in [-0.25, -0.2) is 13.6 Å². The average molecular weight is 299 g/mol. The normalized spacial score (nSPS) is 11.8. The molecule has 0 amide bonds. The monoisotopic (exact) mass is 299 g/mol. The lowest BCUT2D eigenvalue weighted by molar-refractivity contribution is -0.145. The van der Waals surface area contributed by atoms with Crippen LogP contribution in [0.1, 0.15) is 20.8 Å². The van der Waals surface area contributed by atoms with Gasteiger partial charge in [-0.1, -0.05) is 18.2 Å². The molecule has 7 heteroatoms. The molecular formula is C13H17NO5S. The number of rotatable bonds is 1. The Morgan fingerprint density at radius 1 is 1.25 bits per heavy atom. The molecule has 110 valence electrons. The third kappa shape index (κ3) is 4.36. The van der Waals surface area contributed by atoms with Crippen molar-refractivity contribution < 1.29 is 22.7 Å². The van der Waals surface area contributed by atoms with Crippen molar-refractivity contribution in [1.82, 2.24) is 0 Å². The lowest BCUT2D eigenvalue weighted by Crippen LogP contribution is -2.18. The lowest BCUT2D eigenvalue weighted by Gasteiger charge is -2.08. The second kappa shape index (κ2) is 5.64. The highest BCUT2D eigenvalue weighted by Gasteiger charge is 2.18. The van der Waals surface area contributed by atoms with E-state index in [1.165, 1.54) is 6.07 Å². The molecule has 0 fully saturated rings. The topological polar surface area (TPSA) is 111 Å². The van der Waals surface area contributed by atoms with Gasteiger partial charge in [0.15, 0.2) is 0 Å². The second-order valence-electron chi connectivity index (χ2n) is 5.20. The Kier molecular flexibility index (Phi) is 4.57. The molecule has 6 nitrogen and oxygen atoms in total. The van der Waals surface area contributed by atoms with Crippen LogP contribution in [0.4, 0.5) is 0 Å². The molecule has 0 bridgehead atoms. The van der Waals surface area contributed by atoms with E-state index < -0.39 is 21.4 Å². The van der Waals surface area contributed by atoms with Crippen LogP contribution in [-0.4, -0.2) is 19.5 Å². The third-order valence-electron chi connectivity index (χ3n) is 2.32. The SMILES string of the molecule is CC(C)(C)C(=O)O.NS(=O)(=O)c1cc2ccccc2o1. The zero-order valence-corrected chi connectivity index (χ0v) is 12.3. The number of aliphatic carboxylic acids is 1. The molecule has 20 heavy (non-hydrogen) atoms. The van der Waals surface area contributed by atoms with Gasteiger partial charge < -0.3 is 9.52 Å². The highest BCUT2D eigenvalue weighted by molar-refractivity contribution is 7.89. The summed E-state index contributed by atoms with van der Waals surface area (Å²) in [6.07, 6.45) is 0. The molecule has 0 saturated carbocycles. The largest absolute Gasteiger partial charge is 0.481 e. The quantitative estimate of drug-likeness (QED) is 0.838. The second-order valence-corrected chi connectivity index (χ2v) is 6.70. The number of benzene rings is 1. The van der Waals surface area contributed by atoms with Gasteiger partial charge in [0.2, 0.25) is 5.09 Å². The van der Waals surface area contributed by atoms with Gasteiger partial charge in [-0.15, -0.1) is 0 Å². The summed E-state index contributed by atoms with van der Waals surface area (Å²) in [5, 5.41) is 13.7. The number of furan rings is 1. The van der Waals surface area contributed by atoms with Crippen LogP contribution < -0.4 is 5.14 Å². The van der Waals surface area contributed by atoms with Gasteiger partial charge in [0.25, 0.3) is 10.0 Å². The van der Waals surface area contributed by atoms with E-state index in [0.29, 0.717) is 5.58 Å². The Hall–Kier alpha value is -1.86. The molecule has 0 unspecified atom stereocenters. The summed E-state index contributed by atoms with van der Waals surface area (Å²) in [6.45, 7) is 4.99. The van der Waals surface area contributed by atoms with Gasteiger partial charge in [-0.3, -0.25) is 4.79 Å². The van der Waals surface area contributed by atoms with Gasteiger partial charge in [0, 0.05) is 11.5 Å². The van der Waals surface area contributed by atoms with E-state index in [4.69, 9.17) is 14.7 Å². The Morgan fingerprint density at radius 2 is 1.75 bits per heavy atom. The van der Waals surface area contributed by atoms with Gasteiger partial charge >= 0.3 is 5.97 Å². The van der Waals surface area contributed by atoms with Crippen LogP contribution in [0.2, 0.25) is 0 Å². The number of nitrogens with two attached hydrogens (primary N) is 1. The van der Waals surface area contributed by atoms with Crippen molar-refractivity contribution in [2.45, 2.75) is 25.9 Å². The van der Waals surface area contributed by atoms with E-state index in [2.05, 4.69) is 0 Å². The Morgan fingerprint density at radius 3 is 2.15 bits per heavy atom. The summed E-state index contributed by atoms with van der Waals surface area (Å²) in [5.74, 6) is -0.757. The van der Waals surface area contributed by atoms with Crippen molar-refractivity contribution in [2.75, 3.05) is 0 Å². The first-order valence-corrected chi connectivity index (χ1v) is 7.31. The van der Waals surface area contributed by atoms with E-state index in [1.807, 2.05) is 0 Å². The van der Waals surface area contributed by atoms with Crippen molar-refractivity contribution >= 4 is 27.0 Å². The van der Waals surface area contributed by atoms with E-state index in [-0.39, 0.29) is 5.09 Å². The van der Waals surface area contributed by atoms with Crippen LogP contribution in [0.3, 0.4) is 0 Å². The van der Waals surface area contributed by atoms with E-state index in [1.54, 1.807) is 45.0 Å². The number of carboxylic acids is 1. The molecular weight excluding hydrogens is 282 g/mol. The van der Waals surface area contributed by atoms with Crippen molar-refractivity contribution in [1.29, 1.82) is 0 Å².